The topological polar surface area (TPSA) is 72.6 Å². The Hall–Kier alpha value is -1.02. The normalized spacial score (nSPS) is 11.8. The molecule has 20 heavy (non-hydrogen) atoms. The van der Waals surface area contributed by atoms with Crippen LogP contribution < -0.4 is 5.73 Å². The van der Waals surface area contributed by atoms with Crippen LogP contribution in [0.5, 0.6) is 0 Å². The van der Waals surface area contributed by atoms with Crippen molar-refractivity contribution in [1.29, 1.82) is 0 Å². The molecule has 5 nitrogen and oxygen atoms in total. The molecule has 7 heteroatoms. The van der Waals surface area contributed by atoms with Crippen molar-refractivity contribution in [3.63, 3.8) is 0 Å². The van der Waals surface area contributed by atoms with Crippen LogP contribution in [0.1, 0.15) is 18.1 Å². The Morgan fingerprint density at radius 3 is 2.70 bits per heavy atom. The molecule has 0 unspecified atom stereocenters. The Kier molecular flexibility index (Phi) is 6.54. The lowest BCUT2D eigenvalue weighted by Crippen LogP contribution is -2.34. The molecule has 0 saturated carbocycles. The summed E-state index contributed by atoms with van der Waals surface area (Å²) in [6.45, 7) is 2.95. The number of sulfonamides is 1. The summed E-state index contributed by atoms with van der Waals surface area (Å²) < 4.78 is 31.0. The van der Waals surface area contributed by atoms with E-state index in [1.165, 1.54) is 4.31 Å². The molecule has 0 aliphatic heterocycles. The van der Waals surface area contributed by atoms with Crippen molar-refractivity contribution in [3.05, 3.63) is 35.4 Å². The van der Waals surface area contributed by atoms with Gasteiger partial charge in [-0.1, -0.05) is 37.3 Å². The van der Waals surface area contributed by atoms with Crippen molar-refractivity contribution in [3.8, 4) is 0 Å². The predicted octanol–water partition coefficient (Wildman–Crippen LogP) is 1.12. The number of hydrogen-bond donors (Lipinski definition) is 1. The van der Waals surface area contributed by atoms with Gasteiger partial charge in [-0.2, -0.15) is 4.31 Å². The molecule has 0 radical (unpaired) electrons. The molecule has 1 aromatic rings. The minimum atomic E-state index is -3.37. The number of thiocarbonyl (C=S) groups is 1. The Morgan fingerprint density at radius 2 is 2.15 bits per heavy atom. The van der Waals surface area contributed by atoms with Gasteiger partial charge in [0.05, 0.1) is 12.4 Å². The largest absolute Gasteiger partial charge is 0.389 e. The fourth-order valence-corrected chi connectivity index (χ4v) is 3.46. The van der Waals surface area contributed by atoms with E-state index in [4.69, 9.17) is 22.7 Å². The van der Waals surface area contributed by atoms with Crippen molar-refractivity contribution in [2.45, 2.75) is 12.7 Å². The highest BCUT2D eigenvalue weighted by Gasteiger charge is 2.20. The van der Waals surface area contributed by atoms with Gasteiger partial charge in [-0.15, -0.1) is 0 Å². The fourth-order valence-electron chi connectivity index (χ4n) is 1.80. The summed E-state index contributed by atoms with van der Waals surface area (Å²) in [4.78, 5) is 0.260. The van der Waals surface area contributed by atoms with E-state index in [-0.39, 0.29) is 10.7 Å². The first-order valence-electron chi connectivity index (χ1n) is 6.26. The number of rotatable bonds is 8. The van der Waals surface area contributed by atoms with E-state index in [0.29, 0.717) is 30.8 Å². The zero-order valence-corrected chi connectivity index (χ0v) is 13.3. The van der Waals surface area contributed by atoms with Gasteiger partial charge < -0.3 is 10.5 Å². The summed E-state index contributed by atoms with van der Waals surface area (Å²) >= 11 is 4.90. The number of likely N-dealkylation sites (N-methyl/N-ethyl adjacent to an activating group) is 1. The highest BCUT2D eigenvalue weighted by atomic mass is 32.2. The van der Waals surface area contributed by atoms with Gasteiger partial charge in [0.15, 0.2) is 0 Å². The van der Waals surface area contributed by atoms with E-state index >= 15 is 0 Å². The Balaban J connectivity index is 2.89. The van der Waals surface area contributed by atoms with Crippen LogP contribution in [-0.4, -0.2) is 44.5 Å². The first kappa shape index (κ1) is 17.0. The lowest BCUT2D eigenvalue weighted by molar-refractivity contribution is 0.180. The molecule has 112 valence electrons. The Labute approximate surface area is 125 Å². The van der Waals surface area contributed by atoms with E-state index in [2.05, 4.69) is 0 Å². The van der Waals surface area contributed by atoms with Crippen LogP contribution >= 0.6 is 12.2 Å². The summed E-state index contributed by atoms with van der Waals surface area (Å²) in [7, 11) is -1.82. The van der Waals surface area contributed by atoms with Gasteiger partial charge in [0, 0.05) is 25.8 Å². The molecule has 0 aliphatic rings. The SMILES string of the molecule is CCN(CCOC)S(=O)(=O)Cc1cccc(C(N)=S)c1. The van der Waals surface area contributed by atoms with E-state index in [1.807, 2.05) is 0 Å². The van der Waals surface area contributed by atoms with Crippen LogP contribution in [-0.2, 0) is 20.5 Å². The minimum absolute atomic E-state index is 0.0684. The third-order valence-corrected chi connectivity index (χ3v) is 5.01. The van der Waals surface area contributed by atoms with Crippen LogP contribution in [0.2, 0.25) is 0 Å². The molecule has 2 N–H and O–H groups in total. The van der Waals surface area contributed by atoms with Gasteiger partial charge in [-0.05, 0) is 11.6 Å². The van der Waals surface area contributed by atoms with Crippen molar-refractivity contribution < 1.29 is 13.2 Å². The summed E-state index contributed by atoms with van der Waals surface area (Å²) in [5, 5.41) is 0. The summed E-state index contributed by atoms with van der Waals surface area (Å²) in [5.41, 5.74) is 6.90. The second kappa shape index (κ2) is 7.68. The maximum absolute atomic E-state index is 12.3. The monoisotopic (exact) mass is 316 g/mol. The number of benzene rings is 1. The Morgan fingerprint density at radius 1 is 1.45 bits per heavy atom. The molecular weight excluding hydrogens is 296 g/mol. The molecular formula is C13H20N2O3S2. The molecule has 0 saturated heterocycles. The van der Waals surface area contributed by atoms with Crippen LogP contribution in [0.25, 0.3) is 0 Å². The summed E-state index contributed by atoms with van der Waals surface area (Å²) in [5.74, 6) is -0.0684. The maximum Gasteiger partial charge on any atom is 0.218 e. The van der Waals surface area contributed by atoms with Crippen LogP contribution in [0.4, 0.5) is 0 Å². The fraction of sp³-hybridized carbons (Fsp3) is 0.462. The predicted molar refractivity (Wildman–Crippen MR) is 84.1 cm³/mol. The molecule has 0 bridgehead atoms. The minimum Gasteiger partial charge on any atom is -0.389 e. The van der Waals surface area contributed by atoms with Gasteiger partial charge in [0.25, 0.3) is 0 Å². The van der Waals surface area contributed by atoms with Gasteiger partial charge in [-0.25, -0.2) is 8.42 Å². The standard InChI is InChI=1S/C13H20N2O3S2/c1-3-15(7-8-18-2)20(16,17)10-11-5-4-6-12(9-11)13(14)19/h4-6,9H,3,7-8,10H2,1-2H3,(H2,14,19). The zero-order chi connectivity index (χ0) is 15.2. The van der Waals surface area contributed by atoms with E-state index < -0.39 is 10.0 Å². The van der Waals surface area contributed by atoms with Gasteiger partial charge >= 0.3 is 0 Å². The molecule has 0 heterocycles. The second-order valence-corrected chi connectivity index (χ2v) is 6.71. The third kappa shape index (κ3) is 4.82. The molecule has 1 aromatic carbocycles. The number of nitrogens with zero attached hydrogens (tertiary/aromatic N) is 1. The van der Waals surface area contributed by atoms with E-state index in [0.717, 1.165) is 0 Å². The molecule has 0 aromatic heterocycles. The number of hydrogen-bond acceptors (Lipinski definition) is 4. The third-order valence-electron chi connectivity index (χ3n) is 2.85. The Bertz CT molecular complexity index is 558. The van der Waals surface area contributed by atoms with E-state index in [9.17, 15) is 8.42 Å². The van der Waals surface area contributed by atoms with Gasteiger partial charge in [-0.3, -0.25) is 0 Å². The molecule has 0 atom stereocenters. The number of ether oxygens (including phenoxy) is 1. The van der Waals surface area contributed by atoms with Crippen LogP contribution in [0.15, 0.2) is 24.3 Å². The van der Waals surface area contributed by atoms with Crippen molar-refractivity contribution in [2.75, 3.05) is 26.8 Å². The average Bonchev–Trinajstić information content (AvgIpc) is 2.39. The summed E-state index contributed by atoms with van der Waals surface area (Å²) in [6.07, 6.45) is 0. The molecule has 0 spiro atoms. The summed E-state index contributed by atoms with van der Waals surface area (Å²) in [6, 6.07) is 6.99. The highest BCUT2D eigenvalue weighted by molar-refractivity contribution is 7.88. The van der Waals surface area contributed by atoms with Crippen molar-refractivity contribution >= 4 is 27.2 Å². The van der Waals surface area contributed by atoms with E-state index in [1.54, 1.807) is 38.3 Å². The molecule has 0 amide bonds. The van der Waals surface area contributed by atoms with Gasteiger partial charge in [0.2, 0.25) is 10.0 Å². The molecule has 0 fully saturated rings. The maximum atomic E-state index is 12.3. The number of nitrogens with two attached hydrogens (primary N) is 1. The zero-order valence-electron chi connectivity index (χ0n) is 11.7. The van der Waals surface area contributed by atoms with Crippen molar-refractivity contribution in [1.82, 2.24) is 4.31 Å². The number of methoxy groups -OCH3 is 1. The lowest BCUT2D eigenvalue weighted by atomic mass is 10.1. The molecule has 0 aliphatic carbocycles. The van der Waals surface area contributed by atoms with Gasteiger partial charge in [0.1, 0.15) is 4.99 Å². The first-order valence-corrected chi connectivity index (χ1v) is 8.28. The van der Waals surface area contributed by atoms with Crippen molar-refractivity contribution in [2.24, 2.45) is 5.73 Å². The quantitative estimate of drug-likeness (QED) is 0.728. The van der Waals surface area contributed by atoms with Crippen LogP contribution in [0, 0.1) is 0 Å². The first-order chi connectivity index (χ1) is 9.40. The second-order valence-electron chi connectivity index (χ2n) is 4.31. The van der Waals surface area contributed by atoms with Crippen LogP contribution in [0.3, 0.4) is 0 Å². The smallest absolute Gasteiger partial charge is 0.218 e. The molecule has 1 rings (SSSR count). The average molecular weight is 316 g/mol. The lowest BCUT2D eigenvalue weighted by Gasteiger charge is -2.20. The highest BCUT2D eigenvalue weighted by Crippen LogP contribution is 2.12.